The van der Waals surface area contributed by atoms with Crippen LogP contribution in [-0.4, -0.2) is 10.1 Å². The standard InChI is InChI=1S/C13H11N3O2S/c14-13-4-3-10(7-15-13)19-8-9-6-12(18-16-9)11-2-1-5-17-11/h1-7H,8H2,(H2,14,15). The minimum atomic E-state index is 0.519. The first kappa shape index (κ1) is 11.9. The van der Waals surface area contributed by atoms with E-state index in [4.69, 9.17) is 14.7 Å². The fraction of sp³-hybridized carbons (Fsp3) is 0.0769. The molecule has 3 rings (SSSR count). The lowest BCUT2D eigenvalue weighted by Gasteiger charge is -1.98. The molecule has 0 unspecified atom stereocenters. The van der Waals surface area contributed by atoms with Crippen molar-refractivity contribution >= 4 is 17.6 Å². The number of pyridine rings is 1. The molecule has 3 heterocycles. The minimum Gasteiger partial charge on any atom is -0.461 e. The summed E-state index contributed by atoms with van der Waals surface area (Å²) in [5, 5.41) is 4.00. The van der Waals surface area contributed by atoms with E-state index in [1.807, 2.05) is 24.3 Å². The van der Waals surface area contributed by atoms with E-state index in [1.165, 1.54) is 0 Å². The second-order valence-electron chi connectivity index (χ2n) is 3.87. The van der Waals surface area contributed by atoms with Gasteiger partial charge in [-0.1, -0.05) is 5.16 Å². The Morgan fingerprint density at radius 3 is 2.89 bits per heavy atom. The summed E-state index contributed by atoms with van der Waals surface area (Å²) in [4.78, 5) is 5.07. The van der Waals surface area contributed by atoms with E-state index in [9.17, 15) is 0 Å². The van der Waals surface area contributed by atoms with Crippen molar-refractivity contribution in [3.05, 3.63) is 48.5 Å². The summed E-state index contributed by atoms with van der Waals surface area (Å²) in [5.41, 5.74) is 6.39. The maximum atomic E-state index is 5.53. The molecule has 0 bridgehead atoms. The molecule has 0 radical (unpaired) electrons. The topological polar surface area (TPSA) is 78.1 Å². The molecule has 0 aromatic carbocycles. The maximum Gasteiger partial charge on any atom is 0.202 e. The van der Waals surface area contributed by atoms with Gasteiger partial charge in [0.1, 0.15) is 5.82 Å². The van der Waals surface area contributed by atoms with E-state index in [2.05, 4.69) is 10.1 Å². The lowest BCUT2D eigenvalue weighted by Crippen LogP contribution is -1.88. The number of rotatable bonds is 4. The maximum absolute atomic E-state index is 5.53. The number of aromatic nitrogens is 2. The molecule has 3 aromatic heterocycles. The van der Waals surface area contributed by atoms with Crippen molar-refractivity contribution in [1.82, 2.24) is 10.1 Å². The molecule has 19 heavy (non-hydrogen) atoms. The second-order valence-corrected chi connectivity index (χ2v) is 4.92. The van der Waals surface area contributed by atoms with Crippen molar-refractivity contribution in [2.45, 2.75) is 10.6 Å². The van der Waals surface area contributed by atoms with Crippen molar-refractivity contribution in [1.29, 1.82) is 0 Å². The monoisotopic (exact) mass is 273 g/mol. The van der Waals surface area contributed by atoms with Gasteiger partial charge in [-0.25, -0.2) is 4.98 Å². The molecule has 3 aromatic rings. The average Bonchev–Trinajstić information content (AvgIpc) is 3.09. The van der Waals surface area contributed by atoms with Crippen molar-refractivity contribution in [3.8, 4) is 11.5 Å². The van der Waals surface area contributed by atoms with Crippen LogP contribution in [0.4, 0.5) is 5.82 Å². The molecular formula is C13H11N3O2S. The van der Waals surface area contributed by atoms with E-state index >= 15 is 0 Å². The van der Waals surface area contributed by atoms with Gasteiger partial charge in [-0.15, -0.1) is 11.8 Å². The number of nitrogen functional groups attached to an aromatic ring is 1. The van der Waals surface area contributed by atoms with Crippen LogP contribution in [-0.2, 0) is 5.75 Å². The highest BCUT2D eigenvalue weighted by Crippen LogP contribution is 2.25. The normalized spacial score (nSPS) is 10.7. The quantitative estimate of drug-likeness (QED) is 0.735. The molecule has 5 nitrogen and oxygen atoms in total. The molecule has 0 aliphatic heterocycles. The zero-order valence-electron chi connectivity index (χ0n) is 9.95. The lowest BCUT2D eigenvalue weighted by atomic mass is 10.3. The number of furan rings is 1. The van der Waals surface area contributed by atoms with Gasteiger partial charge in [-0.05, 0) is 24.3 Å². The van der Waals surface area contributed by atoms with Gasteiger partial charge < -0.3 is 14.7 Å². The molecule has 0 aliphatic carbocycles. The average molecular weight is 273 g/mol. The number of thioether (sulfide) groups is 1. The van der Waals surface area contributed by atoms with E-state index in [0.717, 1.165) is 10.6 Å². The summed E-state index contributed by atoms with van der Waals surface area (Å²) in [5.74, 6) is 2.54. The summed E-state index contributed by atoms with van der Waals surface area (Å²) in [6, 6.07) is 9.23. The first-order valence-corrected chi connectivity index (χ1v) is 6.63. The molecule has 0 saturated heterocycles. The van der Waals surface area contributed by atoms with Crippen LogP contribution in [0.5, 0.6) is 0 Å². The van der Waals surface area contributed by atoms with Gasteiger partial charge in [-0.3, -0.25) is 0 Å². The van der Waals surface area contributed by atoms with Crippen LogP contribution in [0.3, 0.4) is 0 Å². The largest absolute Gasteiger partial charge is 0.461 e. The van der Waals surface area contributed by atoms with Crippen LogP contribution < -0.4 is 5.73 Å². The van der Waals surface area contributed by atoms with Gasteiger partial charge in [0.05, 0.1) is 12.0 Å². The Kier molecular flexibility index (Phi) is 3.24. The van der Waals surface area contributed by atoms with E-state index in [1.54, 1.807) is 30.3 Å². The summed E-state index contributed by atoms with van der Waals surface area (Å²) in [6.07, 6.45) is 3.35. The molecule has 0 atom stereocenters. The highest BCUT2D eigenvalue weighted by atomic mass is 32.2. The van der Waals surface area contributed by atoms with E-state index in [0.29, 0.717) is 23.1 Å². The lowest BCUT2D eigenvalue weighted by molar-refractivity contribution is 0.413. The van der Waals surface area contributed by atoms with Gasteiger partial charge in [0.25, 0.3) is 0 Å². The Morgan fingerprint density at radius 2 is 2.16 bits per heavy atom. The fourth-order valence-electron chi connectivity index (χ4n) is 1.55. The predicted octanol–water partition coefficient (Wildman–Crippen LogP) is 3.20. The van der Waals surface area contributed by atoms with Gasteiger partial charge in [0.2, 0.25) is 5.76 Å². The predicted molar refractivity (Wildman–Crippen MR) is 72.4 cm³/mol. The molecule has 6 heteroatoms. The van der Waals surface area contributed by atoms with Crippen LogP contribution in [0.1, 0.15) is 5.69 Å². The van der Waals surface area contributed by atoms with Gasteiger partial charge in [-0.2, -0.15) is 0 Å². The van der Waals surface area contributed by atoms with Crippen LogP contribution in [0.25, 0.3) is 11.5 Å². The number of nitrogens with two attached hydrogens (primary N) is 1. The third-order valence-electron chi connectivity index (χ3n) is 2.47. The number of anilines is 1. The van der Waals surface area contributed by atoms with Crippen LogP contribution >= 0.6 is 11.8 Å². The van der Waals surface area contributed by atoms with Crippen molar-refractivity contribution in [3.63, 3.8) is 0 Å². The molecule has 96 valence electrons. The number of nitrogens with zero attached hydrogens (tertiary/aromatic N) is 2. The Morgan fingerprint density at radius 1 is 1.21 bits per heavy atom. The molecule has 0 fully saturated rings. The summed E-state index contributed by atoms with van der Waals surface area (Å²) in [6.45, 7) is 0. The smallest absolute Gasteiger partial charge is 0.202 e. The molecule has 0 spiro atoms. The summed E-state index contributed by atoms with van der Waals surface area (Å²) >= 11 is 1.62. The Hall–Kier alpha value is -2.21. The Labute approximate surface area is 113 Å². The zero-order valence-corrected chi connectivity index (χ0v) is 10.8. The summed E-state index contributed by atoms with van der Waals surface area (Å²) in [7, 11) is 0. The highest BCUT2D eigenvalue weighted by Gasteiger charge is 2.09. The Balaban J connectivity index is 1.66. The second kappa shape index (κ2) is 5.19. The zero-order chi connectivity index (χ0) is 13.1. The molecule has 0 saturated carbocycles. The first-order valence-electron chi connectivity index (χ1n) is 5.65. The summed E-state index contributed by atoms with van der Waals surface area (Å²) < 4.78 is 10.5. The third-order valence-corrected chi connectivity index (χ3v) is 3.48. The van der Waals surface area contributed by atoms with Crippen LogP contribution in [0.2, 0.25) is 0 Å². The molecular weight excluding hydrogens is 262 g/mol. The number of hydrogen-bond donors (Lipinski definition) is 1. The van der Waals surface area contributed by atoms with Crippen molar-refractivity contribution < 1.29 is 8.94 Å². The number of hydrogen-bond acceptors (Lipinski definition) is 6. The highest BCUT2D eigenvalue weighted by molar-refractivity contribution is 7.98. The van der Waals surface area contributed by atoms with Gasteiger partial charge in [0.15, 0.2) is 5.76 Å². The fourth-order valence-corrected chi connectivity index (χ4v) is 2.29. The molecule has 0 aliphatic rings. The van der Waals surface area contributed by atoms with Gasteiger partial charge >= 0.3 is 0 Å². The van der Waals surface area contributed by atoms with Crippen molar-refractivity contribution in [2.75, 3.05) is 5.73 Å². The van der Waals surface area contributed by atoms with Crippen molar-refractivity contribution in [2.24, 2.45) is 0 Å². The SMILES string of the molecule is Nc1ccc(SCc2cc(-c3ccco3)on2)cn1. The van der Waals surface area contributed by atoms with Crippen LogP contribution in [0.15, 0.2) is 56.6 Å². The Bertz CT molecular complexity index is 647. The molecule has 0 amide bonds. The molecule has 2 N–H and O–H groups in total. The van der Waals surface area contributed by atoms with Crippen LogP contribution in [0, 0.1) is 0 Å². The van der Waals surface area contributed by atoms with E-state index < -0.39 is 0 Å². The van der Waals surface area contributed by atoms with E-state index in [-0.39, 0.29) is 0 Å². The van der Waals surface area contributed by atoms with Gasteiger partial charge in [0, 0.05) is 22.9 Å². The minimum absolute atomic E-state index is 0.519. The first-order chi connectivity index (χ1) is 9.31. The third kappa shape index (κ3) is 2.79.